The number of nitrogens with zero attached hydrogens (tertiary/aromatic N) is 1. The molecule has 0 spiro atoms. The van der Waals surface area contributed by atoms with Crippen molar-refractivity contribution in [2.75, 3.05) is 19.5 Å². The first-order valence-corrected chi connectivity index (χ1v) is 6.31. The lowest BCUT2D eigenvalue weighted by Gasteiger charge is -2.23. The number of hydrogen-bond acceptors (Lipinski definition) is 2. The Balaban J connectivity index is 2.44. The van der Waals surface area contributed by atoms with E-state index in [0.29, 0.717) is 18.8 Å². The molecule has 1 heterocycles. The summed E-state index contributed by atoms with van der Waals surface area (Å²) >= 11 is 5.56. The van der Waals surface area contributed by atoms with Gasteiger partial charge in [0.05, 0.1) is 0 Å². The molecule has 1 atom stereocenters. The number of likely N-dealkylation sites (N-methyl/N-ethyl adjacent to an activating group) is 1. The lowest BCUT2D eigenvalue weighted by molar-refractivity contribution is -0.138. The third kappa shape index (κ3) is 3.37. The Morgan fingerprint density at radius 2 is 2.19 bits per heavy atom. The predicted molar refractivity (Wildman–Crippen MR) is 63.4 cm³/mol. The van der Waals surface area contributed by atoms with Gasteiger partial charge in [-0.25, -0.2) is 0 Å². The topological polar surface area (TPSA) is 49.4 Å². The van der Waals surface area contributed by atoms with E-state index in [9.17, 15) is 9.59 Å². The van der Waals surface area contributed by atoms with Crippen LogP contribution in [0.5, 0.6) is 0 Å². The number of halogens is 1. The molecule has 0 aromatic heterocycles. The normalized spacial score (nSPS) is 19.9. The van der Waals surface area contributed by atoms with Gasteiger partial charge in [0, 0.05) is 25.9 Å². The van der Waals surface area contributed by atoms with Crippen molar-refractivity contribution in [2.24, 2.45) is 0 Å². The summed E-state index contributed by atoms with van der Waals surface area (Å²) in [7, 11) is 1.61. The fourth-order valence-corrected chi connectivity index (χ4v) is 2.21. The van der Waals surface area contributed by atoms with E-state index in [1.807, 2.05) is 0 Å². The summed E-state index contributed by atoms with van der Waals surface area (Å²) < 4.78 is 0. The molecule has 0 saturated carbocycles. The van der Waals surface area contributed by atoms with Crippen LogP contribution in [0.15, 0.2) is 0 Å². The highest BCUT2D eigenvalue weighted by Crippen LogP contribution is 2.19. The first kappa shape index (κ1) is 13.3. The van der Waals surface area contributed by atoms with Crippen molar-refractivity contribution >= 4 is 23.4 Å². The highest BCUT2D eigenvalue weighted by atomic mass is 35.5. The number of carbonyl (C=O) groups is 2. The first-order valence-electron chi connectivity index (χ1n) is 5.77. The Kier molecular flexibility index (Phi) is 5.60. The number of amides is 2. The smallest absolute Gasteiger partial charge is 0.242 e. The Hall–Kier alpha value is -0.770. The highest BCUT2D eigenvalue weighted by molar-refractivity contribution is 6.17. The van der Waals surface area contributed by atoms with Crippen LogP contribution >= 0.6 is 11.6 Å². The van der Waals surface area contributed by atoms with Crippen molar-refractivity contribution in [1.82, 2.24) is 10.2 Å². The molecular weight excluding hydrogens is 228 g/mol. The minimum absolute atomic E-state index is 0.0526. The van der Waals surface area contributed by atoms with Crippen LogP contribution in [-0.2, 0) is 9.59 Å². The average molecular weight is 247 g/mol. The Labute approximate surface area is 101 Å². The number of alkyl halides is 1. The van der Waals surface area contributed by atoms with E-state index in [-0.39, 0.29) is 17.9 Å². The Morgan fingerprint density at radius 3 is 2.81 bits per heavy atom. The number of hydrogen-bond donors (Lipinski definition) is 1. The van der Waals surface area contributed by atoms with Gasteiger partial charge in [0.25, 0.3) is 0 Å². The van der Waals surface area contributed by atoms with E-state index in [1.54, 1.807) is 11.9 Å². The summed E-state index contributed by atoms with van der Waals surface area (Å²) in [5.74, 6) is 0.617. The quantitative estimate of drug-likeness (QED) is 0.584. The van der Waals surface area contributed by atoms with Crippen LogP contribution in [0.2, 0.25) is 0 Å². The molecule has 1 fully saturated rings. The third-order valence-electron chi connectivity index (χ3n) is 2.90. The molecule has 2 amide bonds. The maximum atomic E-state index is 11.9. The van der Waals surface area contributed by atoms with Crippen molar-refractivity contribution in [3.05, 3.63) is 0 Å². The summed E-state index contributed by atoms with van der Waals surface area (Å²) in [6.07, 6.45) is 3.85. The highest BCUT2D eigenvalue weighted by Gasteiger charge is 2.32. The predicted octanol–water partition coefficient (Wildman–Crippen LogP) is 1.13. The van der Waals surface area contributed by atoms with E-state index in [1.165, 1.54) is 0 Å². The molecule has 1 unspecified atom stereocenters. The molecule has 0 aromatic rings. The third-order valence-corrected chi connectivity index (χ3v) is 3.16. The van der Waals surface area contributed by atoms with Crippen LogP contribution < -0.4 is 5.32 Å². The van der Waals surface area contributed by atoms with E-state index in [4.69, 9.17) is 11.6 Å². The van der Waals surface area contributed by atoms with Gasteiger partial charge in [-0.05, 0) is 25.7 Å². The van der Waals surface area contributed by atoms with Crippen molar-refractivity contribution in [1.29, 1.82) is 0 Å². The molecule has 0 bridgehead atoms. The van der Waals surface area contributed by atoms with Crippen LogP contribution in [0.1, 0.15) is 32.1 Å². The maximum absolute atomic E-state index is 11.9. The molecular formula is C11H19ClN2O2. The summed E-state index contributed by atoms with van der Waals surface area (Å²) in [6, 6.07) is -0.256. The minimum Gasteiger partial charge on any atom is -0.357 e. The van der Waals surface area contributed by atoms with Crippen LogP contribution in [0, 0.1) is 0 Å². The van der Waals surface area contributed by atoms with Crippen LogP contribution in [0.25, 0.3) is 0 Å². The second kappa shape index (κ2) is 6.74. The van der Waals surface area contributed by atoms with Gasteiger partial charge in [-0.1, -0.05) is 0 Å². The lowest BCUT2D eigenvalue weighted by atomic mass is 10.2. The summed E-state index contributed by atoms with van der Waals surface area (Å²) in [5, 5.41) is 2.61. The zero-order valence-electron chi connectivity index (χ0n) is 9.67. The van der Waals surface area contributed by atoms with Gasteiger partial charge in [-0.3, -0.25) is 9.59 Å². The van der Waals surface area contributed by atoms with Crippen LogP contribution in [0.3, 0.4) is 0 Å². The largest absolute Gasteiger partial charge is 0.357 e. The molecule has 16 heavy (non-hydrogen) atoms. The summed E-state index contributed by atoms with van der Waals surface area (Å²) in [4.78, 5) is 25.1. The Bertz CT molecular complexity index is 258. The van der Waals surface area contributed by atoms with E-state index in [2.05, 4.69) is 5.32 Å². The van der Waals surface area contributed by atoms with Gasteiger partial charge in [-0.2, -0.15) is 0 Å². The van der Waals surface area contributed by atoms with Crippen molar-refractivity contribution in [3.8, 4) is 0 Å². The molecule has 0 radical (unpaired) electrons. The number of likely N-dealkylation sites (tertiary alicyclic amines) is 1. The number of carbonyl (C=O) groups excluding carboxylic acids is 2. The summed E-state index contributed by atoms with van der Waals surface area (Å²) in [5.41, 5.74) is 0. The fourth-order valence-electron chi connectivity index (χ4n) is 2.02. The molecule has 0 aromatic carbocycles. The molecule has 1 rings (SSSR count). The molecule has 4 nitrogen and oxygen atoms in total. The zero-order chi connectivity index (χ0) is 12.0. The monoisotopic (exact) mass is 246 g/mol. The molecule has 1 aliphatic heterocycles. The molecule has 1 aliphatic rings. The van der Waals surface area contributed by atoms with Crippen molar-refractivity contribution in [2.45, 2.75) is 38.1 Å². The van der Waals surface area contributed by atoms with Gasteiger partial charge in [0.15, 0.2) is 0 Å². The molecule has 1 saturated heterocycles. The molecule has 1 N–H and O–H groups in total. The average Bonchev–Trinajstić information content (AvgIpc) is 2.77. The van der Waals surface area contributed by atoms with E-state index >= 15 is 0 Å². The first-order chi connectivity index (χ1) is 7.70. The minimum atomic E-state index is -0.256. The Morgan fingerprint density at radius 1 is 1.44 bits per heavy atom. The zero-order valence-corrected chi connectivity index (χ0v) is 10.4. The second-order valence-corrected chi connectivity index (χ2v) is 4.38. The lowest BCUT2D eigenvalue weighted by Crippen LogP contribution is -2.44. The summed E-state index contributed by atoms with van der Waals surface area (Å²) in [6.45, 7) is 0.706. The molecule has 92 valence electrons. The molecule has 5 heteroatoms. The van der Waals surface area contributed by atoms with Gasteiger partial charge < -0.3 is 10.2 Å². The standard InChI is InChI=1S/C11H19ClN2O2/c1-13-11(16)9-5-4-8-14(9)10(15)6-2-3-7-12/h9H,2-8H2,1H3,(H,13,16). The second-order valence-electron chi connectivity index (χ2n) is 4.01. The van der Waals surface area contributed by atoms with Gasteiger partial charge in [0.2, 0.25) is 11.8 Å². The number of unbranched alkanes of at least 4 members (excludes halogenated alkanes) is 1. The van der Waals surface area contributed by atoms with Gasteiger partial charge >= 0.3 is 0 Å². The van der Waals surface area contributed by atoms with Gasteiger partial charge in [0.1, 0.15) is 6.04 Å². The number of rotatable bonds is 5. The van der Waals surface area contributed by atoms with E-state index < -0.39 is 0 Å². The fraction of sp³-hybridized carbons (Fsp3) is 0.818. The van der Waals surface area contributed by atoms with Crippen molar-refractivity contribution < 1.29 is 9.59 Å². The molecule has 0 aliphatic carbocycles. The van der Waals surface area contributed by atoms with Gasteiger partial charge in [-0.15, -0.1) is 11.6 Å². The SMILES string of the molecule is CNC(=O)C1CCCN1C(=O)CCCCCl. The van der Waals surface area contributed by atoms with Crippen LogP contribution in [-0.4, -0.2) is 42.2 Å². The van der Waals surface area contributed by atoms with Crippen molar-refractivity contribution in [3.63, 3.8) is 0 Å². The number of nitrogens with one attached hydrogen (secondary N) is 1. The van der Waals surface area contributed by atoms with E-state index in [0.717, 1.165) is 25.7 Å². The maximum Gasteiger partial charge on any atom is 0.242 e. The van der Waals surface area contributed by atoms with Crippen LogP contribution in [0.4, 0.5) is 0 Å².